The molecule has 0 radical (unpaired) electrons. The lowest BCUT2D eigenvalue weighted by atomic mass is 9.77. The van der Waals surface area contributed by atoms with Gasteiger partial charge in [-0.25, -0.2) is 4.39 Å². The second-order valence-electron chi connectivity index (χ2n) is 6.94. The summed E-state index contributed by atoms with van der Waals surface area (Å²) in [6, 6.07) is 8.72. The molecule has 1 aliphatic rings. The third-order valence-corrected chi connectivity index (χ3v) is 5.03. The normalized spacial score (nSPS) is 24.0. The Balaban J connectivity index is 1.79. The van der Waals surface area contributed by atoms with Crippen molar-refractivity contribution in [3.63, 3.8) is 0 Å². The Morgan fingerprint density at radius 2 is 1.71 bits per heavy atom. The van der Waals surface area contributed by atoms with E-state index in [4.69, 9.17) is 0 Å². The van der Waals surface area contributed by atoms with Crippen molar-refractivity contribution < 1.29 is 4.39 Å². The molecule has 0 spiro atoms. The van der Waals surface area contributed by atoms with Crippen molar-refractivity contribution in [3.8, 4) is 0 Å². The molecule has 1 unspecified atom stereocenters. The Hall–Kier alpha value is -0.850. The third kappa shape index (κ3) is 5.45. The Bertz CT molecular complexity index is 385. The Morgan fingerprint density at radius 3 is 2.29 bits per heavy atom. The van der Waals surface area contributed by atoms with Gasteiger partial charge in [0.1, 0.15) is 6.17 Å². The number of benzene rings is 1. The van der Waals surface area contributed by atoms with Gasteiger partial charge in [-0.1, -0.05) is 56.9 Å². The third-order valence-electron chi connectivity index (χ3n) is 5.03. The lowest BCUT2D eigenvalue weighted by Gasteiger charge is -2.29. The number of halogens is 1. The van der Waals surface area contributed by atoms with Gasteiger partial charge in [0.15, 0.2) is 0 Å². The van der Waals surface area contributed by atoms with Gasteiger partial charge in [-0.2, -0.15) is 0 Å². The van der Waals surface area contributed by atoms with Crippen LogP contribution < -0.4 is 0 Å². The van der Waals surface area contributed by atoms with Crippen LogP contribution >= 0.6 is 0 Å². The van der Waals surface area contributed by atoms with Crippen molar-refractivity contribution in [2.24, 2.45) is 5.92 Å². The average Bonchev–Trinajstić information content (AvgIpc) is 2.49. The van der Waals surface area contributed by atoms with Crippen LogP contribution in [0.4, 0.5) is 4.39 Å². The Kier molecular flexibility index (Phi) is 6.73. The molecule has 118 valence electrons. The fourth-order valence-electron chi connectivity index (χ4n) is 3.72. The molecule has 0 heterocycles. The highest BCUT2D eigenvalue weighted by Gasteiger charge is 2.21. The summed E-state index contributed by atoms with van der Waals surface area (Å²) >= 11 is 0. The van der Waals surface area contributed by atoms with Crippen LogP contribution in [0, 0.1) is 5.92 Å². The predicted molar refractivity (Wildman–Crippen MR) is 89.6 cm³/mol. The molecule has 0 aliphatic heterocycles. The number of hydrogen-bond donors (Lipinski definition) is 0. The summed E-state index contributed by atoms with van der Waals surface area (Å²) in [7, 11) is 0. The van der Waals surface area contributed by atoms with Gasteiger partial charge in [0.2, 0.25) is 0 Å². The van der Waals surface area contributed by atoms with Crippen LogP contribution in [0.25, 0.3) is 0 Å². The maximum atomic E-state index is 13.0. The van der Waals surface area contributed by atoms with E-state index in [0.29, 0.717) is 6.42 Å². The molecule has 0 nitrogen and oxygen atoms in total. The smallest absolute Gasteiger partial charge is 0.101 e. The Labute approximate surface area is 130 Å². The van der Waals surface area contributed by atoms with Crippen LogP contribution in [0.3, 0.4) is 0 Å². The highest BCUT2D eigenvalue weighted by molar-refractivity contribution is 5.26. The lowest BCUT2D eigenvalue weighted by Crippen LogP contribution is -2.13. The van der Waals surface area contributed by atoms with Crippen molar-refractivity contribution in [2.75, 3.05) is 0 Å². The van der Waals surface area contributed by atoms with Crippen molar-refractivity contribution >= 4 is 0 Å². The summed E-state index contributed by atoms with van der Waals surface area (Å²) in [6.45, 7) is 3.91. The molecular formula is C20H31F. The van der Waals surface area contributed by atoms with Gasteiger partial charge in [-0.15, -0.1) is 0 Å². The highest BCUT2D eigenvalue weighted by Crippen LogP contribution is 2.37. The molecule has 1 aromatic rings. The van der Waals surface area contributed by atoms with Gasteiger partial charge in [-0.05, 0) is 55.6 Å². The molecule has 2 rings (SSSR count). The fraction of sp³-hybridized carbons (Fsp3) is 0.700. The van der Waals surface area contributed by atoms with Crippen molar-refractivity contribution in [3.05, 3.63) is 35.4 Å². The van der Waals surface area contributed by atoms with E-state index in [0.717, 1.165) is 17.4 Å². The molecular weight excluding hydrogens is 259 g/mol. The zero-order valence-electron chi connectivity index (χ0n) is 13.8. The van der Waals surface area contributed by atoms with Crippen LogP contribution in [0.1, 0.15) is 82.3 Å². The summed E-state index contributed by atoms with van der Waals surface area (Å²) in [5.41, 5.74) is 2.60. The van der Waals surface area contributed by atoms with E-state index in [2.05, 4.69) is 31.2 Å². The first-order valence-corrected chi connectivity index (χ1v) is 8.92. The van der Waals surface area contributed by atoms with Gasteiger partial charge in [0, 0.05) is 6.42 Å². The van der Waals surface area contributed by atoms with Crippen molar-refractivity contribution in [1.29, 1.82) is 0 Å². The highest BCUT2D eigenvalue weighted by atomic mass is 19.1. The minimum absolute atomic E-state index is 0.546. The molecule has 0 saturated heterocycles. The first-order chi connectivity index (χ1) is 10.2. The minimum atomic E-state index is -0.741. The zero-order chi connectivity index (χ0) is 15.1. The van der Waals surface area contributed by atoms with Gasteiger partial charge < -0.3 is 0 Å². The molecule has 21 heavy (non-hydrogen) atoms. The number of rotatable bonds is 7. The molecule has 0 N–H and O–H groups in total. The number of alkyl halides is 1. The van der Waals surface area contributed by atoms with E-state index in [1.54, 1.807) is 6.92 Å². The maximum absolute atomic E-state index is 13.0. The van der Waals surface area contributed by atoms with Crippen molar-refractivity contribution in [2.45, 2.75) is 83.7 Å². The summed E-state index contributed by atoms with van der Waals surface area (Å²) in [5.74, 6) is 1.71. The molecule has 0 amide bonds. The second kappa shape index (κ2) is 8.56. The zero-order valence-corrected chi connectivity index (χ0v) is 13.8. The molecule has 1 heteroatoms. The second-order valence-corrected chi connectivity index (χ2v) is 6.94. The molecule has 0 aromatic heterocycles. The van der Waals surface area contributed by atoms with E-state index in [9.17, 15) is 4.39 Å². The molecule has 1 saturated carbocycles. The van der Waals surface area contributed by atoms with E-state index >= 15 is 0 Å². The number of hydrogen-bond acceptors (Lipinski definition) is 0. The summed E-state index contributed by atoms with van der Waals surface area (Å²) < 4.78 is 13.0. The van der Waals surface area contributed by atoms with Gasteiger partial charge >= 0.3 is 0 Å². The maximum Gasteiger partial charge on any atom is 0.101 e. The molecule has 1 aliphatic carbocycles. The topological polar surface area (TPSA) is 0 Å². The monoisotopic (exact) mass is 290 g/mol. The van der Waals surface area contributed by atoms with Crippen LogP contribution in [0.5, 0.6) is 0 Å². The summed E-state index contributed by atoms with van der Waals surface area (Å²) in [6.07, 6.45) is 10.9. The van der Waals surface area contributed by atoms with Gasteiger partial charge in [0.05, 0.1) is 0 Å². The lowest BCUT2D eigenvalue weighted by molar-refractivity contribution is 0.302. The molecule has 1 aromatic carbocycles. The largest absolute Gasteiger partial charge is 0.247 e. The SMILES string of the molecule is CCCCCC1CCC(c2ccc(CC(C)F)cc2)CC1. The summed E-state index contributed by atoms with van der Waals surface area (Å²) in [5, 5.41) is 0. The standard InChI is InChI=1S/C20H31F/c1-3-4-5-6-17-7-11-19(12-8-17)20-13-9-18(10-14-20)15-16(2)21/h9-10,13-14,16-17,19H,3-8,11-12,15H2,1-2H3. The molecule has 0 bridgehead atoms. The summed E-state index contributed by atoms with van der Waals surface area (Å²) in [4.78, 5) is 0. The average molecular weight is 290 g/mol. The van der Waals surface area contributed by atoms with Gasteiger partial charge in [-0.3, -0.25) is 0 Å². The van der Waals surface area contributed by atoms with Crippen LogP contribution in [0.2, 0.25) is 0 Å². The fourth-order valence-corrected chi connectivity index (χ4v) is 3.72. The van der Waals surface area contributed by atoms with Crippen molar-refractivity contribution in [1.82, 2.24) is 0 Å². The minimum Gasteiger partial charge on any atom is -0.247 e. The van der Waals surface area contributed by atoms with Crippen LogP contribution in [-0.2, 0) is 6.42 Å². The quantitative estimate of drug-likeness (QED) is 0.507. The predicted octanol–water partition coefficient (Wildman–Crippen LogP) is 6.44. The van der Waals surface area contributed by atoms with E-state index in [-0.39, 0.29) is 0 Å². The number of unbranched alkanes of at least 4 members (excludes halogenated alkanes) is 2. The molecule has 1 atom stereocenters. The van der Waals surface area contributed by atoms with Crippen LogP contribution in [0.15, 0.2) is 24.3 Å². The van der Waals surface area contributed by atoms with E-state index < -0.39 is 6.17 Å². The van der Waals surface area contributed by atoms with Crippen LogP contribution in [-0.4, -0.2) is 6.17 Å². The van der Waals surface area contributed by atoms with E-state index in [1.807, 2.05) is 0 Å². The van der Waals surface area contributed by atoms with Gasteiger partial charge in [0.25, 0.3) is 0 Å². The first kappa shape index (κ1) is 16.5. The first-order valence-electron chi connectivity index (χ1n) is 8.92. The van der Waals surface area contributed by atoms with E-state index in [1.165, 1.54) is 56.9 Å². The molecule has 1 fully saturated rings. The Morgan fingerprint density at radius 1 is 1.05 bits per heavy atom.